The molecule has 0 saturated heterocycles. The molecule has 1 heterocycles. The molecule has 0 aromatic heterocycles. The second-order valence-electron chi connectivity index (χ2n) is 8.06. The average molecular weight is 376 g/mol. The summed E-state index contributed by atoms with van der Waals surface area (Å²) in [6.07, 6.45) is 9.67. The Balaban J connectivity index is 1.63. The van der Waals surface area contributed by atoms with Crippen molar-refractivity contribution in [2.45, 2.75) is 57.4 Å². The highest BCUT2D eigenvalue weighted by Crippen LogP contribution is 2.34. The minimum atomic E-state index is 0.0121. The van der Waals surface area contributed by atoms with Gasteiger partial charge in [-0.1, -0.05) is 62.4 Å². The van der Waals surface area contributed by atoms with Crippen LogP contribution in [0.5, 0.6) is 0 Å². The molecule has 4 rings (SSSR count). The Morgan fingerprint density at radius 1 is 0.893 bits per heavy atom. The van der Waals surface area contributed by atoms with Gasteiger partial charge in [0.15, 0.2) is 0 Å². The van der Waals surface area contributed by atoms with Gasteiger partial charge in [0.05, 0.1) is 11.8 Å². The molecular formula is C24H29N3O. The Bertz CT molecular complexity index is 821. The Kier molecular flexibility index (Phi) is 5.75. The van der Waals surface area contributed by atoms with Gasteiger partial charge in [-0.05, 0) is 48.6 Å². The number of nitrogen functional groups attached to an aromatic ring is 1. The Hall–Kier alpha value is -2.62. The summed E-state index contributed by atoms with van der Waals surface area (Å²) in [5.41, 5.74) is 9.36. The average Bonchev–Trinajstić information content (AvgIpc) is 3.13. The predicted octanol–water partition coefficient (Wildman–Crippen LogP) is 5.25. The third kappa shape index (κ3) is 4.11. The molecule has 0 bridgehead atoms. The maximum absolute atomic E-state index is 13.3. The van der Waals surface area contributed by atoms with Gasteiger partial charge in [-0.15, -0.1) is 0 Å². The van der Waals surface area contributed by atoms with Crippen LogP contribution < -0.4 is 5.73 Å². The van der Waals surface area contributed by atoms with Crippen LogP contribution in [0.2, 0.25) is 0 Å². The van der Waals surface area contributed by atoms with Crippen molar-refractivity contribution in [2.75, 3.05) is 5.73 Å². The molecule has 2 aromatic rings. The van der Waals surface area contributed by atoms with Crippen LogP contribution in [0.1, 0.15) is 67.3 Å². The van der Waals surface area contributed by atoms with Crippen molar-refractivity contribution in [1.29, 1.82) is 0 Å². The smallest absolute Gasteiger partial charge is 0.274 e. The summed E-state index contributed by atoms with van der Waals surface area (Å²) in [5.74, 6) is 0.529. The van der Waals surface area contributed by atoms with E-state index in [1.54, 1.807) is 5.01 Å². The van der Waals surface area contributed by atoms with Crippen LogP contribution in [0, 0.1) is 5.92 Å². The molecule has 2 N–H and O–H groups in total. The number of hydrazone groups is 1. The fourth-order valence-electron chi connectivity index (χ4n) is 4.53. The van der Waals surface area contributed by atoms with E-state index in [9.17, 15) is 4.79 Å². The molecule has 146 valence electrons. The highest BCUT2D eigenvalue weighted by Gasteiger charge is 2.37. The third-order valence-electron chi connectivity index (χ3n) is 6.11. The van der Waals surface area contributed by atoms with Crippen LogP contribution in [-0.4, -0.2) is 22.7 Å². The minimum Gasteiger partial charge on any atom is -0.399 e. The number of benzene rings is 2. The number of rotatable bonds is 3. The lowest BCUT2D eigenvalue weighted by atomic mass is 9.83. The second-order valence-corrected chi connectivity index (χ2v) is 8.06. The lowest BCUT2D eigenvalue weighted by Gasteiger charge is -2.31. The van der Waals surface area contributed by atoms with E-state index < -0.39 is 0 Å². The van der Waals surface area contributed by atoms with Crippen LogP contribution in [0.15, 0.2) is 59.7 Å². The van der Waals surface area contributed by atoms with Crippen molar-refractivity contribution < 1.29 is 4.79 Å². The van der Waals surface area contributed by atoms with Crippen molar-refractivity contribution in [3.05, 3.63) is 65.7 Å². The zero-order valence-electron chi connectivity index (χ0n) is 16.4. The molecule has 0 spiro atoms. The predicted molar refractivity (Wildman–Crippen MR) is 114 cm³/mol. The molecular weight excluding hydrogens is 346 g/mol. The first kappa shape index (κ1) is 18.7. The number of hydrogen-bond acceptors (Lipinski definition) is 3. The van der Waals surface area contributed by atoms with Gasteiger partial charge in [-0.3, -0.25) is 4.79 Å². The molecule has 2 aliphatic rings. The quantitative estimate of drug-likeness (QED) is 0.745. The van der Waals surface area contributed by atoms with E-state index in [1.165, 1.54) is 44.9 Å². The minimum absolute atomic E-state index is 0.0121. The van der Waals surface area contributed by atoms with Crippen molar-refractivity contribution in [3.8, 4) is 0 Å². The van der Waals surface area contributed by atoms with E-state index in [2.05, 4.69) is 0 Å². The van der Waals surface area contributed by atoms with Crippen molar-refractivity contribution in [3.63, 3.8) is 0 Å². The first-order valence-corrected chi connectivity index (χ1v) is 10.5. The van der Waals surface area contributed by atoms with Gasteiger partial charge >= 0.3 is 0 Å². The van der Waals surface area contributed by atoms with Gasteiger partial charge in [-0.25, -0.2) is 5.01 Å². The van der Waals surface area contributed by atoms with Crippen molar-refractivity contribution >= 4 is 17.3 Å². The molecule has 2 aromatic carbocycles. The Labute approximate surface area is 167 Å². The highest BCUT2D eigenvalue weighted by atomic mass is 16.2. The molecule has 1 unspecified atom stereocenters. The molecule has 1 fully saturated rings. The fourth-order valence-corrected chi connectivity index (χ4v) is 4.53. The number of nitrogens with two attached hydrogens (primary N) is 1. The molecule has 1 saturated carbocycles. The zero-order valence-corrected chi connectivity index (χ0v) is 16.4. The zero-order chi connectivity index (χ0) is 19.3. The van der Waals surface area contributed by atoms with Gasteiger partial charge in [0.2, 0.25) is 0 Å². The van der Waals surface area contributed by atoms with Gasteiger partial charge < -0.3 is 5.73 Å². The fraction of sp³-hybridized carbons (Fsp3) is 0.417. The largest absolute Gasteiger partial charge is 0.399 e. The molecule has 4 heteroatoms. The number of carbonyl (C=O) groups excluding carboxylic acids is 1. The molecule has 1 amide bonds. The Morgan fingerprint density at radius 3 is 2.21 bits per heavy atom. The maximum Gasteiger partial charge on any atom is 0.274 e. The van der Waals surface area contributed by atoms with Crippen LogP contribution >= 0.6 is 0 Å². The van der Waals surface area contributed by atoms with Gasteiger partial charge in [0, 0.05) is 17.7 Å². The van der Waals surface area contributed by atoms with E-state index in [0.717, 1.165) is 23.4 Å². The first-order valence-electron chi connectivity index (χ1n) is 10.5. The summed E-state index contributed by atoms with van der Waals surface area (Å²) in [5, 5.41) is 6.62. The second kappa shape index (κ2) is 8.59. The molecule has 28 heavy (non-hydrogen) atoms. The Morgan fingerprint density at radius 2 is 1.54 bits per heavy atom. The van der Waals surface area contributed by atoms with E-state index in [4.69, 9.17) is 10.8 Å². The number of hydrogen-bond donors (Lipinski definition) is 1. The number of carbonyl (C=O) groups is 1. The number of nitrogens with zero attached hydrogens (tertiary/aromatic N) is 2. The van der Waals surface area contributed by atoms with Crippen LogP contribution in [0.3, 0.4) is 0 Å². The normalized spacial score (nSPS) is 21.1. The van der Waals surface area contributed by atoms with E-state index in [0.29, 0.717) is 11.5 Å². The van der Waals surface area contributed by atoms with Gasteiger partial charge in [0.1, 0.15) is 0 Å². The SMILES string of the molecule is Nc1ccc(C2=NN(C(=O)c3ccccc3)C(C3CCCCCCC3)C2)cc1. The molecule has 1 aliphatic carbocycles. The first-order chi connectivity index (χ1) is 13.7. The van der Waals surface area contributed by atoms with Crippen molar-refractivity contribution in [2.24, 2.45) is 11.0 Å². The number of anilines is 1. The highest BCUT2D eigenvalue weighted by molar-refractivity contribution is 6.05. The molecule has 0 radical (unpaired) electrons. The lowest BCUT2D eigenvalue weighted by molar-refractivity contribution is 0.0634. The van der Waals surface area contributed by atoms with E-state index >= 15 is 0 Å². The van der Waals surface area contributed by atoms with Crippen LogP contribution in [0.4, 0.5) is 5.69 Å². The lowest BCUT2D eigenvalue weighted by Crippen LogP contribution is -2.38. The summed E-state index contributed by atoms with van der Waals surface area (Å²) < 4.78 is 0. The topological polar surface area (TPSA) is 58.7 Å². The maximum atomic E-state index is 13.3. The molecule has 4 nitrogen and oxygen atoms in total. The summed E-state index contributed by atoms with van der Waals surface area (Å²) in [4.78, 5) is 13.3. The standard InChI is InChI=1S/C24H29N3O/c25-21-15-13-18(14-16-21)22-17-23(19-9-5-2-1-3-6-10-19)27(26-22)24(28)20-11-7-4-8-12-20/h4,7-8,11-16,19,23H,1-3,5-6,9-10,17,25H2. The van der Waals surface area contributed by atoms with Crippen molar-refractivity contribution in [1.82, 2.24) is 5.01 Å². The summed E-state index contributed by atoms with van der Waals surface area (Å²) >= 11 is 0. The third-order valence-corrected chi connectivity index (χ3v) is 6.11. The van der Waals surface area contributed by atoms with Crippen LogP contribution in [0.25, 0.3) is 0 Å². The monoisotopic (exact) mass is 375 g/mol. The van der Waals surface area contributed by atoms with Gasteiger partial charge in [-0.2, -0.15) is 5.10 Å². The number of amides is 1. The summed E-state index contributed by atoms with van der Waals surface area (Å²) in [6.45, 7) is 0. The van der Waals surface area contributed by atoms with E-state index in [1.807, 2.05) is 54.6 Å². The summed E-state index contributed by atoms with van der Waals surface area (Å²) in [6, 6.07) is 17.5. The van der Waals surface area contributed by atoms with E-state index in [-0.39, 0.29) is 11.9 Å². The van der Waals surface area contributed by atoms with Crippen LogP contribution in [-0.2, 0) is 0 Å². The summed E-state index contributed by atoms with van der Waals surface area (Å²) in [7, 11) is 0. The van der Waals surface area contributed by atoms with Gasteiger partial charge in [0.25, 0.3) is 5.91 Å². The molecule has 1 aliphatic heterocycles. The molecule has 1 atom stereocenters.